The number of hydrogen-bond donors (Lipinski definition) is 3. The smallest absolute Gasteiger partial charge is 0.182 e. The summed E-state index contributed by atoms with van der Waals surface area (Å²) in [6.07, 6.45) is 1.44. The van der Waals surface area contributed by atoms with Crippen LogP contribution in [0.5, 0.6) is 0 Å². The second-order valence-corrected chi connectivity index (χ2v) is 6.47. The Kier molecular flexibility index (Phi) is 3.88. The van der Waals surface area contributed by atoms with Crippen LogP contribution < -0.4 is 5.73 Å². The van der Waals surface area contributed by atoms with Gasteiger partial charge >= 0.3 is 0 Å². The second kappa shape index (κ2) is 5.54. The second-order valence-electron chi connectivity index (χ2n) is 5.62. The monoisotopic (exact) mass is 347 g/mol. The van der Waals surface area contributed by atoms with Gasteiger partial charge in [0, 0.05) is 10.9 Å². The lowest BCUT2D eigenvalue weighted by Crippen LogP contribution is -2.49. The standard InChI is InChI=1S/C17H18BrNO2/c18-15-8-6-12(11-4-2-1-3-5-11)14-10-17(20,21)16(19)9-7-13(14)15/h1-6,8,16,20-21H,7,9-10,19H2/t16-/m0/s1. The first kappa shape index (κ1) is 14.7. The number of fused-ring (bicyclic) bond motifs is 1. The molecule has 21 heavy (non-hydrogen) atoms. The number of benzene rings is 2. The summed E-state index contributed by atoms with van der Waals surface area (Å²) in [4.78, 5) is 0. The highest BCUT2D eigenvalue weighted by molar-refractivity contribution is 9.10. The Hall–Kier alpha value is -1.20. The molecule has 110 valence electrons. The zero-order valence-electron chi connectivity index (χ0n) is 11.6. The maximum atomic E-state index is 10.2. The van der Waals surface area contributed by atoms with Crippen molar-refractivity contribution in [2.24, 2.45) is 5.73 Å². The quantitative estimate of drug-likeness (QED) is 0.548. The summed E-state index contributed by atoms with van der Waals surface area (Å²) in [5, 5.41) is 20.5. The van der Waals surface area contributed by atoms with Crippen LogP contribution in [0.15, 0.2) is 46.9 Å². The molecular formula is C17H18BrNO2. The Morgan fingerprint density at radius 1 is 1.05 bits per heavy atom. The molecule has 3 nitrogen and oxygen atoms in total. The molecule has 0 saturated heterocycles. The van der Waals surface area contributed by atoms with Gasteiger partial charge in [-0.2, -0.15) is 0 Å². The molecule has 0 spiro atoms. The predicted molar refractivity (Wildman–Crippen MR) is 86.7 cm³/mol. The van der Waals surface area contributed by atoms with Gasteiger partial charge < -0.3 is 15.9 Å². The first-order valence-corrected chi connectivity index (χ1v) is 7.84. The van der Waals surface area contributed by atoms with Crippen LogP contribution in [0.25, 0.3) is 11.1 Å². The van der Waals surface area contributed by atoms with E-state index < -0.39 is 11.8 Å². The van der Waals surface area contributed by atoms with E-state index in [9.17, 15) is 10.2 Å². The number of hydrogen-bond acceptors (Lipinski definition) is 3. The molecule has 0 bridgehead atoms. The molecule has 1 aliphatic rings. The third-order valence-electron chi connectivity index (χ3n) is 4.19. The normalized spacial score (nSPS) is 20.7. The molecule has 4 heteroatoms. The summed E-state index contributed by atoms with van der Waals surface area (Å²) in [6.45, 7) is 0. The highest BCUT2D eigenvalue weighted by atomic mass is 79.9. The van der Waals surface area contributed by atoms with Gasteiger partial charge in [0.1, 0.15) is 0 Å². The maximum Gasteiger partial charge on any atom is 0.182 e. The van der Waals surface area contributed by atoms with Crippen LogP contribution in [0.1, 0.15) is 17.5 Å². The minimum atomic E-state index is -1.87. The fraction of sp³-hybridized carbons (Fsp3) is 0.294. The van der Waals surface area contributed by atoms with Crippen LogP contribution in [0, 0.1) is 0 Å². The van der Waals surface area contributed by atoms with Crippen molar-refractivity contribution < 1.29 is 10.2 Å². The third-order valence-corrected chi connectivity index (χ3v) is 4.94. The van der Waals surface area contributed by atoms with E-state index in [4.69, 9.17) is 5.73 Å². The van der Waals surface area contributed by atoms with Crippen LogP contribution in [0.4, 0.5) is 0 Å². The highest BCUT2D eigenvalue weighted by Gasteiger charge is 2.36. The Balaban J connectivity index is 2.18. The Morgan fingerprint density at radius 2 is 1.76 bits per heavy atom. The van der Waals surface area contributed by atoms with E-state index in [1.165, 1.54) is 0 Å². The van der Waals surface area contributed by atoms with E-state index in [0.29, 0.717) is 6.42 Å². The molecule has 2 aromatic rings. The first-order valence-electron chi connectivity index (χ1n) is 7.05. The fourth-order valence-electron chi connectivity index (χ4n) is 2.95. The van der Waals surface area contributed by atoms with Crippen molar-refractivity contribution in [2.45, 2.75) is 31.1 Å². The summed E-state index contributed by atoms with van der Waals surface area (Å²) in [6, 6.07) is 13.4. The van der Waals surface area contributed by atoms with Gasteiger partial charge in [0.05, 0.1) is 6.04 Å². The molecule has 3 rings (SSSR count). The third kappa shape index (κ3) is 2.77. The molecule has 0 aromatic heterocycles. The van der Waals surface area contributed by atoms with Crippen LogP contribution in [-0.2, 0) is 12.8 Å². The molecule has 0 unspecified atom stereocenters. The molecule has 0 amide bonds. The van der Waals surface area contributed by atoms with Gasteiger partial charge in [-0.1, -0.05) is 52.3 Å². The Labute approximate surface area is 132 Å². The van der Waals surface area contributed by atoms with Gasteiger partial charge in [-0.05, 0) is 41.2 Å². The molecule has 1 atom stereocenters. The maximum absolute atomic E-state index is 10.2. The van der Waals surface area contributed by atoms with Crippen LogP contribution in [-0.4, -0.2) is 22.0 Å². The molecule has 4 N–H and O–H groups in total. The fourth-order valence-corrected chi connectivity index (χ4v) is 3.52. The van der Waals surface area contributed by atoms with Gasteiger partial charge in [-0.15, -0.1) is 0 Å². The zero-order chi connectivity index (χ0) is 15.0. The van der Waals surface area contributed by atoms with Gasteiger partial charge in [0.25, 0.3) is 0 Å². The SMILES string of the molecule is N[C@H]1CCc2c(Br)ccc(-c3ccccc3)c2CC1(O)O. The molecule has 1 aliphatic carbocycles. The van der Waals surface area contributed by atoms with E-state index >= 15 is 0 Å². The lowest BCUT2D eigenvalue weighted by Gasteiger charge is -2.27. The van der Waals surface area contributed by atoms with E-state index in [1.807, 2.05) is 42.5 Å². The molecule has 0 fully saturated rings. The molecule has 0 aliphatic heterocycles. The molecule has 0 heterocycles. The molecular weight excluding hydrogens is 330 g/mol. The number of nitrogens with two attached hydrogens (primary N) is 1. The minimum absolute atomic E-state index is 0.146. The van der Waals surface area contributed by atoms with Gasteiger partial charge in [-0.3, -0.25) is 0 Å². The Bertz CT molecular complexity index is 655. The van der Waals surface area contributed by atoms with E-state index in [0.717, 1.165) is 33.1 Å². The minimum Gasteiger partial charge on any atom is -0.364 e. The van der Waals surface area contributed by atoms with E-state index in [-0.39, 0.29) is 6.42 Å². The highest BCUT2D eigenvalue weighted by Crippen LogP contribution is 2.37. The molecule has 0 saturated carbocycles. The van der Waals surface area contributed by atoms with Crippen molar-refractivity contribution >= 4 is 15.9 Å². The summed E-state index contributed by atoms with van der Waals surface area (Å²) in [7, 11) is 0. The topological polar surface area (TPSA) is 66.5 Å². The summed E-state index contributed by atoms with van der Waals surface area (Å²) in [5.74, 6) is -1.87. The average molecular weight is 348 g/mol. The van der Waals surface area contributed by atoms with Gasteiger partial charge in [0.2, 0.25) is 0 Å². The summed E-state index contributed by atoms with van der Waals surface area (Å²) in [5.41, 5.74) is 10.1. The zero-order valence-corrected chi connectivity index (χ0v) is 13.2. The number of aliphatic hydroxyl groups is 2. The molecule has 2 aromatic carbocycles. The van der Waals surface area contributed by atoms with Gasteiger partial charge in [-0.25, -0.2) is 0 Å². The largest absolute Gasteiger partial charge is 0.364 e. The number of rotatable bonds is 1. The lowest BCUT2D eigenvalue weighted by molar-refractivity contribution is -0.174. The van der Waals surface area contributed by atoms with Crippen molar-refractivity contribution in [3.63, 3.8) is 0 Å². The Morgan fingerprint density at radius 3 is 2.48 bits per heavy atom. The van der Waals surface area contributed by atoms with Crippen LogP contribution in [0.3, 0.4) is 0 Å². The summed E-state index contributed by atoms with van der Waals surface area (Å²) >= 11 is 3.58. The summed E-state index contributed by atoms with van der Waals surface area (Å²) < 4.78 is 1.00. The van der Waals surface area contributed by atoms with E-state index in [2.05, 4.69) is 15.9 Å². The van der Waals surface area contributed by atoms with E-state index in [1.54, 1.807) is 0 Å². The van der Waals surface area contributed by atoms with Crippen LogP contribution in [0.2, 0.25) is 0 Å². The predicted octanol–water partition coefficient (Wildman–Crippen LogP) is 2.61. The van der Waals surface area contributed by atoms with Crippen molar-refractivity contribution in [3.05, 3.63) is 58.1 Å². The molecule has 0 radical (unpaired) electrons. The lowest BCUT2D eigenvalue weighted by atomic mass is 9.91. The van der Waals surface area contributed by atoms with Crippen molar-refractivity contribution in [2.75, 3.05) is 0 Å². The van der Waals surface area contributed by atoms with Crippen molar-refractivity contribution in [1.29, 1.82) is 0 Å². The van der Waals surface area contributed by atoms with Crippen molar-refractivity contribution in [3.8, 4) is 11.1 Å². The van der Waals surface area contributed by atoms with Crippen molar-refractivity contribution in [1.82, 2.24) is 0 Å². The van der Waals surface area contributed by atoms with Crippen LogP contribution >= 0.6 is 15.9 Å². The average Bonchev–Trinajstić information content (AvgIpc) is 2.58. The number of halogens is 1. The first-order chi connectivity index (χ1) is 9.99. The van der Waals surface area contributed by atoms with Gasteiger partial charge in [0.15, 0.2) is 5.79 Å².